The van der Waals surface area contributed by atoms with Gasteiger partial charge in [-0.1, -0.05) is 23.7 Å². The number of thiophene rings is 1. The molecule has 1 N–H and O–H groups in total. The summed E-state index contributed by atoms with van der Waals surface area (Å²) in [5.41, 5.74) is 1.05. The Morgan fingerprint density at radius 1 is 1.32 bits per heavy atom. The second kappa shape index (κ2) is 6.55. The molecular weight excluding hydrogens is 424 g/mol. The van der Waals surface area contributed by atoms with Gasteiger partial charge in [-0.05, 0) is 33.6 Å². The van der Waals surface area contributed by atoms with Gasteiger partial charge in [0, 0.05) is 28.3 Å². The first-order chi connectivity index (χ1) is 12.0. The molecule has 0 bridgehead atoms. The van der Waals surface area contributed by atoms with E-state index in [2.05, 4.69) is 31.2 Å². The number of hydrogen-bond donors (Lipinski definition) is 1. The van der Waals surface area contributed by atoms with Gasteiger partial charge in [-0.3, -0.25) is 4.79 Å². The van der Waals surface area contributed by atoms with Crippen LogP contribution in [0.1, 0.15) is 18.0 Å². The molecule has 0 unspecified atom stereocenters. The summed E-state index contributed by atoms with van der Waals surface area (Å²) in [6.07, 6.45) is 1.96. The van der Waals surface area contributed by atoms with Crippen molar-refractivity contribution in [2.45, 2.75) is 18.5 Å². The molecule has 3 heterocycles. The SMILES string of the molecule is CN1C(=O)C[C@H](Nc2ncnc3scc(Br)c23)[C@H]1c1ccc(Cl)cc1. The lowest BCUT2D eigenvalue weighted by atomic mass is 10.00. The minimum Gasteiger partial charge on any atom is -0.364 e. The highest BCUT2D eigenvalue weighted by Crippen LogP contribution is 2.37. The molecule has 3 aromatic rings. The lowest BCUT2D eigenvalue weighted by molar-refractivity contribution is -0.127. The fraction of sp³-hybridized carbons (Fsp3) is 0.235. The van der Waals surface area contributed by atoms with E-state index in [9.17, 15) is 4.79 Å². The number of likely N-dealkylation sites (N-methyl/N-ethyl adjacent to an activating group) is 1. The molecule has 1 aliphatic rings. The molecule has 1 aromatic carbocycles. The summed E-state index contributed by atoms with van der Waals surface area (Å²) in [4.78, 5) is 23.7. The first kappa shape index (κ1) is 16.8. The van der Waals surface area contributed by atoms with Crippen molar-refractivity contribution in [1.82, 2.24) is 14.9 Å². The van der Waals surface area contributed by atoms with Crippen LogP contribution in [-0.4, -0.2) is 33.9 Å². The summed E-state index contributed by atoms with van der Waals surface area (Å²) in [6, 6.07) is 7.47. The number of hydrogen-bond acceptors (Lipinski definition) is 5. The summed E-state index contributed by atoms with van der Waals surface area (Å²) >= 11 is 11.1. The van der Waals surface area contributed by atoms with Crippen LogP contribution < -0.4 is 5.32 Å². The molecule has 1 amide bonds. The van der Waals surface area contributed by atoms with Gasteiger partial charge in [-0.2, -0.15) is 0 Å². The molecule has 1 aliphatic heterocycles. The highest BCUT2D eigenvalue weighted by Gasteiger charge is 2.39. The van der Waals surface area contributed by atoms with E-state index < -0.39 is 0 Å². The molecule has 1 saturated heterocycles. The van der Waals surface area contributed by atoms with Crippen molar-refractivity contribution in [3.8, 4) is 0 Å². The Hall–Kier alpha value is -1.70. The van der Waals surface area contributed by atoms with Crippen molar-refractivity contribution >= 4 is 60.8 Å². The van der Waals surface area contributed by atoms with Crippen LogP contribution in [0.3, 0.4) is 0 Å². The third-order valence-electron chi connectivity index (χ3n) is 4.45. The van der Waals surface area contributed by atoms with E-state index in [1.807, 2.05) is 36.7 Å². The zero-order valence-corrected chi connectivity index (χ0v) is 16.4. The summed E-state index contributed by atoms with van der Waals surface area (Å²) < 4.78 is 0.955. The molecular formula is C17H14BrClN4OS. The molecule has 0 radical (unpaired) electrons. The third-order valence-corrected chi connectivity index (χ3v) is 6.51. The predicted octanol–water partition coefficient (Wildman–Crippen LogP) is 4.49. The standard InChI is InChI=1S/C17H14BrClN4OS/c1-23-13(24)6-12(15(23)9-2-4-10(19)5-3-9)22-16-14-11(18)7-25-17(14)21-8-20-16/h2-5,7-8,12,15H,6H2,1H3,(H,20,21,22)/t12-,15+/m0/s1. The van der Waals surface area contributed by atoms with Crippen LogP contribution in [0.25, 0.3) is 10.2 Å². The average molecular weight is 438 g/mol. The Balaban J connectivity index is 1.71. The van der Waals surface area contributed by atoms with Gasteiger partial charge in [0.2, 0.25) is 5.91 Å². The van der Waals surface area contributed by atoms with Crippen molar-refractivity contribution in [2.75, 3.05) is 12.4 Å². The minimum atomic E-state index is -0.0800. The molecule has 25 heavy (non-hydrogen) atoms. The van der Waals surface area contributed by atoms with Crippen molar-refractivity contribution in [1.29, 1.82) is 0 Å². The van der Waals surface area contributed by atoms with Gasteiger partial charge >= 0.3 is 0 Å². The van der Waals surface area contributed by atoms with E-state index >= 15 is 0 Å². The fourth-order valence-electron chi connectivity index (χ4n) is 3.24. The second-order valence-corrected chi connectivity index (χ2v) is 8.09. The smallest absolute Gasteiger partial charge is 0.225 e. The zero-order chi connectivity index (χ0) is 17.6. The summed E-state index contributed by atoms with van der Waals surface area (Å²) in [5.74, 6) is 0.845. The van der Waals surface area contributed by atoms with Gasteiger partial charge in [0.25, 0.3) is 0 Å². The Morgan fingerprint density at radius 3 is 2.84 bits per heavy atom. The van der Waals surface area contributed by atoms with Gasteiger partial charge in [0.1, 0.15) is 17.0 Å². The van der Waals surface area contributed by atoms with Crippen molar-refractivity contribution in [3.05, 3.63) is 51.0 Å². The third kappa shape index (κ3) is 3.01. The Morgan fingerprint density at radius 2 is 2.08 bits per heavy atom. The highest BCUT2D eigenvalue weighted by atomic mass is 79.9. The van der Waals surface area contributed by atoms with E-state index in [1.54, 1.807) is 22.6 Å². The van der Waals surface area contributed by atoms with Gasteiger partial charge in [-0.25, -0.2) is 9.97 Å². The average Bonchev–Trinajstić information content (AvgIpc) is 3.10. The predicted molar refractivity (Wildman–Crippen MR) is 104 cm³/mol. The number of benzene rings is 1. The number of nitrogens with zero attached hydrogens (tertiary/aromatic N) is 3. The molecule has 0 spiro atoms. The van der Waals surface area contributed by atoms with E-state index in [0.717, 1.165) is 26.1 Å². The normalized spacial score (nSPS) is 20.4. The van der Waals surface area contributed by atoms with Gasteiger partial charge in [0.05, 0.1) is 17.5 Å². The lowest BCUT2D eigenvalue weighted by Gasteiger charge is -2.26. The number of halogens is 2. The number of rotatable bonds is 3. The van der Waals surface area contributed by atoms with Crippen LogP contribution in [-0.2, 0) is 4.79 Å². The van der Waals surface area contributed by atoms with Crippen LogP contribution in [0.15, 0.2) is 40.4 Å². The summed E-state index contributed by atoms with van der Waals surface area (Å²) in [6.45, 7) is 0. The number of anilines is 1. The quantitative estimate of drug-likeness (QED) is 0.656. The van der Waals surface area contributed by atoms with E-state index in [0.29, 0.717) is 11.4 Å². The van der Waals surface area contributed by atoms with E-state index in [4.69, 9.17) is 11.6 Å². The van der Waals surface area contributed by atoms with Gasteiger partial charge in [-0.15, -0.1) is 11.3 Å². The molecule has 1 fully saturated rings. The minimum absolute atomic E-state index is 0.0767. The maximum Gasteiger partial charge on any atom is 0.225 e. The van der Waals surface area contributed by atoms with E-state index in [-0.39, 0.29) is 18.0 Å². The van der Waals surface area contributed by atoms with Crippen LogP contribution in [0, 0.1) is 0 Å². The monoisotopic (exact) mass is 436 g/mol. The van der Waals surface area contributed by atoms with Crippen LogP contribution in [0.5, 0.6) is 0 Å². The van der Waals surface area contributed by atoms with Gasteiger partial charge < -0.3 is 10.2 Å². The number of aromatic nitrogens is 2. The number of likely N-dealkylation sites (tertiary alicyclic amines) is 1. The van der Waals surface area contributed by atoms with Crippen LogP contribution >= 0.6 is 38.9 Å². The van der Waals surface area contributed by atoms with Crippen molar-refractivity contribution < 1.29 is 4.79 Å². The number of carbonyl (C=O) groups is 1. The second-order valence-electron chi connectivity index (χ2n) is 5.94. The first-order valence-electron chi connectivity index (χ1n) is 7.70. The molecule has 128 valence electrons. The van der Waals surface area contributed by atoms with Crippen LogP contribution in [0.4, 0.5) is 5.82 Å². The molecule has 4 rings (SSSR count). The molecule has 2 atom stereocenters. The van der Waals surface area contributed by atoms with Crippen molar-refractivity contribution in [3.63, 3.8) is 0 Å². The molecule has 5 nitrogen and oxygen atoms in total. The first-order valence-corrected chi connectivity index (χ1v) is 9.75. The molecule has 8 heteroatoms. The van der Waals surface area contributed by atoms with Gasteiger partial charge in [0.15, 0.2) is 0 Å². The van der Waals surface area contributed by atoms with E-state index in [1.165, 1.54) is 0 Å². The molecule has 0 saturated carbocycles. The van der Waals surface area contributed by atoms with Crippen molar-refractivity contribution in [2.24, 2.45) is 0 Å². The Labute approximate surface area is 162 Å². The summed E-state index contributed by atoms with van der Waals surface area (Å²) in [5, 5.41) is 7.09. The Bertz CT molecular complexity index is 945. The maximum absolute atomic E-state index is 12.3. The fourth-order valence-corrected chi connectivity index (χ4v) is 4.92. The largest absolute Gasteiger partial charge is 0.364 e. The molecule has 2 aromatic heterocycles. The lowest BCUT2D eigenvalue weighted by Crippen LogP contribution is -2.30. The number of fused-ring (bicyclic) bond motifs is 1. The Kier molecular flexibility index (Phi) is 4.39. The molecule has 0 aliphatic carbocycles. The highest BCUT2D eigenvalue weighted by molar-refractivity contribution is 9.10. The van der Waals surface area contributed by atoms with Crippen LogP contribution in [0.2, 0.25) is 5.02 Å². The summed E-state index contributed by atoms with van der Waals surface area (Å²) in [7, 11) is 1.83. The number of carbonyl (C=O) groups excluding carboxylic acids is 1. The maximum atomic E-state index is 12.3. The number of nitrogens with one attached hydrogen (secondary N) is 1. The topological polar surface area (TPSA) is 58.1 Å². The zero-order valence-electron chi connectivity index (χ0n) is 13.2. The number of amides is 1.